The van der Waals surface area contributed by atoms with Crippen molar-refractivity contribution in [3.05, 3.63) is 87.7 Å². The standard InChI is InChI=1S/C21H23ClFNO5.C14H20ClNO2.C11H11Cl2NO2.C3H8NO5P/c1-2-3-6-9-28-19(25)12-29-18-11-17(16(23)10-15(18)22)24-20(26)13-7-4-5-8-14(13)21(24)27;1-4-11-7-6-8-12(5-2)14(11)16(10-18-3)13(17)9-15;1-7-6-16-9-5-3-2-4-8(9)14(7)11(15)10(12)13;5-3(6)1-4-2-10(7,8)9/h10-11H,2-9,12H2,1H3;6-8H,4-5,9-10H2,1-3H3;2-5,7,10H,6H2,1H3;4H,1-2H2,(H,5,6)(H2,7,8,9). The summed E-state index contributed by atoms with van der Waals surface area (Å²) < 4.78 is 45.7. The van der Waals surface area contributed by atoms with E-state index in [1.165, 1.54) is 6.07 Å². The fourth-order valence-corrected chi connectivity index (χ4v) is 8.51. The summed E-state index contributed by atoms with van der Waals surface area (Å²) >= 11 is 22.9. The Bertz CT molecular complexity index is 2430. The van der Waals surface area contributed by atoms with Gasteiger partial charge in [0.2, 0.25) is 5.91 Å². The van der Waals surface area contributed by atoms with Crippen molar-refractivity contribution in [1.29, 1.82) is 0 Å². The number of para-hydroxylation sites is 3. The van der Waals surface area contributed by atoms with Crippen LogP contribution in [0.3, 0.4) is 0 Å². The number of rotatable bonds is 19. The van der Waals surface area contributed by atoms with Crippen molar-refractivity contribution in [2.75, 3.05) is 67.1 Å². The molecule has 402 valence electrons. The fraction of sp³-hybridized carbons (Fsp3) is 0.469. The third kappa shape index (κ3) is 18.8. The highest BCUT2D eigenvalue weighted by molar-refractivity contribution is 7.51. The number of aryl methyl sites for hydroxylation is 2. The van der Waals surface area contributed by atoms with E-state index in [2.05, 4.69) is 19.2 Å². The van der Waals surface area contributed by atoms with Crippen LogP contribution in [-0.4, -0.2) is 114 Å². The van der Waals surface area contributed by atoms with Crippen molar-refractivity contribution in [3.8, 4) is 11.5 Å². The summed E-state index contributed by atoms with van der Waals surface area (Å²) in [5, 5.41) is 9.99. The quantitative estimate of drug-likeness (QED) is 0.0219. The Hall–Kier alpha value is -4.82. The Morgan fingerprint density at radius 1 is 0.945 bits per heavy atom. The highest BCUT2D eigenvalue weighted by Crippen LogP contribution is 2.40. The molecule has 1 atom stereocenters. The van der Waals surface area contributed by atoms with Gasteiger partial charge in [0.05, 0.1) is 47.6 Å². The van der Waals surface area contributed by atoms with Crippen molar-refractivity contribution in [2.24, 2.45) is 0 Å². The second-order valence-electron chi connectivity index (χ2n) is 16.3. The van der Waals surface area contributed by atoms with Gasteiger partial charge in [-0.1, -0.05) is 98.7 Å². The van der Waals surface area contributed by atoms with Gasteiger partial charge < -0.3 is 38.7 Å². The lowest BCUT2D eigenvalue weighted by atomic mass is 9.93. The maximum atomic E-state index is 14.5. The number of benzene rings is 3. The molecule has 3 aromatic rings. The number of carbonyl (C=O) groups is 6. The minimum Gasteiger partial charge on any atom is -0.489 e. The molecule has 1 unspecified atom stereocenters. The van der Waals surface area contributed by atoms with Crippen LogP contribution in [0.5, 0.6) is 11.5 Å². The zero-order chi connectivity index (χ0) is 54.4. The Morgan fingerprint density at radius 2 is 1.56 bits per heavy atom. The zero-order valence-electron chi connectivity index (χ0n) is 41.2. The van der Waals surface area contributed by atoms with E-state index in [1.54, 1.807) is 16.9 Å². The van der Waals surface area contributed by atoms with Crippen molar-refractivity contribution in [1.82, 2.24) is 5.32 Å². The molecule has 3 aromatic carbocycles. The number of imide groups is 1. The van der Waals surface area contributed by atoms with E-state index in [9.17, 15) is 37.7 Å². The number of unbranched alkanes of at least 4 members (excludes halogenated alkanes) is 2. The lowest BCUT2D eigenvalue weighted by molar-refractivity contribution is -0.146. The minimum absolute atomic E-state index is 0.000883. The third-order valence-electron chi connectivity index (χ3n) is 11.0. The number of hydrogen-bond acceptors (Lipinski definition) is 12. The van der Waals surface area contributed by atoms with E-state index in [0.29, 0.717) is 43.0 Å². The Morgan fingerprint density at radius 3 is 2.10 bits per heavy atom. The molecule has 0 aromatic heterocycles. The first-order valence-corrected chi connectivity index (χ1v) is 26.9. The molecule has 2 aliphatic heterocycles. The van der Waals surface area contributed by atoms with Crippen molar-refractivity contribution in [3.63, 3.8) is 0 Å². The molecule has 0 spiro atoms. The van der Waals surface area contributed by atoms with Crippen LogP contribution in [0.2, 0.25) is 5.02 Å². The van der Waals surface area contributed by atoms with Gasteiger partial charge in [0.15, 0.2) is 11.4 Å². The number of carbonyl (C=O) groups excluding carboxylic acids is 5. The molecule has 4 amide bonds. The summed E-state index contributed by atoms with van der Waals surface area (Å²) in [7, 11) is -2.52. The van der Waals surface area contributed by atoms with Gasteiger partial charge >= 0.3 is 19.5 Å². The molecule has 24 heteroatoms. The van der Waals surface area contributed by atoms with Gasteiger partial charge in [-0.15, -0.1) is 11.6 Å². The number of carboxylic acid groups (broad SMARTS) is 1. The smallest absolute Gasteiger partial charge is 0.344 e. The summed E-state index contributed by atoms with van der Waals surface area (Å²) in [5.41, 5.74) is 4.63. The number of halogens is 5. The molecule has 73 heavy (non-hydrogen) atoms. The number of methoxy groups -OCH3 is 1. The van der Waals surface area contributed by atoms with Crippen molar-refractivity contribution < 1.29 is 71.6 Å². The first kappa shape index (κ1) is 62.5. The van der Waals surface area contributed by atoms with Gasteiger partial charge in [-0.25, -0.2) is 14.1 Å². The van der Waals surface area contributed by atoms with E-state index >= 15 is 0 Å². The Balaban J connectivity index is 0.000000276. The molecule has 3 aliphatic rings. The van der Waals surface area contributed by atoms with E-state index < -0.39 is 61.4 Å². The number of alkyl halides is 3. The average molecular weight is 1120 g/mol. The number of anilines is 3. The second kappa shape index (κ2) is 31.2. The number of nitrogens with zero attached hydrogens (tertiary/aromatic N) is 3. The summed E-state index contributed by atoms with van der Waals surface area (Å²) in [6, 6.07) is 15.5. The normalized spacial score (nSPS) is 14.8. The number of amides is 4. The van der Waals surface area contributed by atoms with Gasteiger partial charge in [0.1, 0.15) is 36.5 Å². The predicted molar refractivity (Wildman–Crippen MR) is 278 cm³/mol. The summed E-state index contributed by atoms with van der Waals surface area (Å²) in [5.74, 6) is -3.35. The average Bonchev–Trinajstić information content (AvgIpc) is 3.61. The molecule has 2 heterocycles. The molecule has 4 N–H and O–H groups in total. The maximum absolute atomic E-state index is 14.5. The number of fused-ring (bicyclic) bond motifs is 1. The first-order valence-electron chi connectivity index (χ1n) is 23.3. The van der Waals surface area contributed by atoms with E-state index in [1.807, 2.05) is 56.3 Å². The van der Waals surface area contributed by atoms with Gasteiger partial charge in [-0.05, 0) is 81.2 Å². The van der Waals surface area contributed by atoms with Gasteiger partial charge in [0.25, 0.3) is 17.7 Å². The molecule has 1 aliphatic carbocycles. The first-order chi connectivity index (χ1) is 34.6. The van der Waals surface area contributed by atoms with Crippen molar-refractivity contribution >= 4 is 107 Å². The monoisotopic (exact) mass is 1120 g/mol. The zero-order valence-corrected chi connectivity index (χ0v) is 45.1. The molecule has 0 saturated heterocycles. The fourth-order valence-electron chi connectivity index (χ4n) is 7.55. The number of carboxylic acids is 1. The third-order valence-corrected chi connectivity index (χ3v) is 12.5. The van der Waals surface area contributed by atoms with Crippen LogP contribution in [0.25, 0.3) is 0 Å². The Labute approximate surface area is 444 Å². The second-order valence-corrected chi connectivity index (χ2v) is 19.8. The van der Waals surface area contributed by atoms with E-state index in [4.69, 9.17) is 80.2 Å². The van der Waals surface area contributed by atoms with Crippen LogP contribution >= 0.6 is 54.0 Å². The SMILES string of the molecule is CC1COc2ccccc2N1C(=O)C(Cl)Cl.CCCCCOC(=O)COc1cc(N2C(=O)C3=C(CCCC3)C2=O)c(F)cc1Cl.CCc1cccc(CC)c1N(COC)C(=O)CCl.O=C(O)CNCP(=O)(O)O. The number of nitrogens with one attached hydrogen (secondary N) is 1. The van der Waals surface area contributed by atoms with Crippen LogP contribution < -0.4 is 29.5 Å². The van der Waals surface area contributed by atoms with Crippen LogP contribution in [-0.2, 0) is 55.6 Å². The predicted octanol–water partition coefficient (Wildman–Crippen LogP) is 8.72. The lowest BCUT2D eigenvalue weighted by Crippen LogP contribution is -2.47. The number of esters is 1. The Kier molecular flexibility index (Phi) is 26.7. The van der Waals surface area contributed by atoms with Crippen LogP contribution in [0, 0.1) is 5.82 Å². The van der Waals surface area contributed by atoms with Crippen LogP contribution in [0.4, 0.5) is 21.5 Å². The van der Waals surface area contributed by atoms with Crippen LogP contribution in [0.1, 0.15) is 83.8 Å². The number of aliphatic carboxylic acids is 1. The summed E-state index contributed by atoms with van der Waals surface area (Å²) in [6.07, 6.45) is 6.55. The van der Waals surface area contributed by atoms with Gasteiger partial charge in [-0.2, -0.15) is 0 Å². The minimum atomic E-state index is -4.10. The van der Waals surface area contributed by atoms with Gasteiger partial charge in [0, 0.05) is 24.3 Å². The number of ether oxygens (including phenoxy) is 4. The molecular formula is C49H62Cl4FN4O14P. The summed E-state index contributed by atoms with van der Waals surface area (Å²) in [6.45, 7) is 8.22. The molecular weight excluding hydrogens is 1060 g/mol. The van der Waals surface area contributed by atoms with Gasteiger partial charge in [-0.3, -0.25) is 38.8 Å². The molecule has 18 nitrogen and oxygen atoms in total. The van der Waals surface area contributed by atoms with Crippen LogP contribution in [0.15, 0.2) is 65.7 Å². The largest absolute Gasteiger partial charge is 0.489 e. The highest BCUT2D eigenvalue weighted by atomic mass is 35.5. The van der Waals surface area contributed by atoms with E-state index in [-0.39, 0.29) is 46.9 Å². The molecule has 0 radical (unpaired) electrons. The molecule has 0 saturated carbocycles. The maximum Gasteiger partial charge on any atom is 0.344 e. The van der Waals surface area contributed by atoms with E-state index in [0.717, 1.165) is 78.4 Å². The molecule has 0 bridgehead atoms. The molecule has 0 fully saturated rings. The topological polar surface area (TPSA) is 239 Å². The van der Waals surface area contributed by atoms with Crippen molar-refractivity contribution in [2.45, 2.75) is 96.4 Å². The molecule has 6 rings (SSSR count). The highest BCUT2D eigenvalue weighted by Gasteiger charge is 2.41. The number of hydrogen-bond donors (Lipinski definition) is 4. The summed E-state index contributed by atoms with van der Waals surface area (Å²) in [4.78, 5) is 90.1. The lowest BCUT2D eigenvalue weighted by Gasteiger charge is -2.35.